The Hall–Kier alpha value is -1.40. The van der Waals surface area contributed by atoms with Gasteiger partial charge < -0.3 is 4.74 Å². The highest BCUT2D eigenvalue weighted by Crippen LogP contribution is 2.17. The van der Waals surface area contributed by atoms with E-state index in [4.69, 9.17) is 16.3 Å². The van der Waals surface area contributed by atoms with Gasteiger partial charge in [0, 0.05) is 11.8 Å². The Balaban J connectivity index is 2.41. The molecule has 0 aliphatic rings. The predicted octanol–water partition coefficient (Wildman–Crippen LogP) is 2.11. The molecule has 0 fully saturated rings. The monoisotopic (exact) mass is 329 g/mol. The zero-order chi connectivity index (χ0) is 13.1. The van der Waals surface area contributed by atoms with Crippen LogP contribution in [0.2, 0.25) is 5.15 Å². The van der Waals surface area contributed by atoms with Gasteiger partial charge in [-0.15, -0.1) is 0 Å². The van der Waals surface area contributed by atoms with E-state index in [0.717, 1.165) is 5.56 Å². The van der Waals surface area contributed by atoms with Gasteiger partial charge in [-0.3, -0.25) is 9.36 Å². The quantitative estimate of drug-likeness (QED) is 0.809. The van der Waals surface area contributed by atoms with Crippen molar-refractivity contribution in [1.82, 2.24) is 14.5 Å². The summed E-state index contributed by atoms with van der Waals surface area (Å²) in [5.41, 5.74) is 0.541. The highest BCUT2D eigenvalue weighted by atomic mass is 79.9. The van der Waals surface area contributed by atoms with E-state index in [1.807, 2.05) is 6.07 Å². The summed E-state index contributed by atoms with van der Waals surface area (Å²) in [6, 6.07) is 3.61. The zero-order valence-corrected chi connectivity index (χ0v) is 11.8. The van der Waals surface area contributed by atoms with Crippen molar-refractivity contribution in [3.05, 3.63) is 50.2 Å². The standard InChI is InChI=1S/C11H9BrClN3O2/c1-18-10-7(3-2-4-14-10)5-16-6-15-9(13)8(12)11(16)17/h2-4,6H,5H2,1H3. The molecule has 0 N–H and O–H groups in total. The van der Waals surface area contributed by atoms with Gasteiger partial charge in [0.25, 0.3) is 5.56 Å². The van der Waals surface area contributed by atoms with Crippen LogP contribution in [-0.4, -0.2) is 21.6 Å². The molecule has 2 aromatic heterocycles. The summed E-state index contributed by atoms with van der Waals surface area (Å²) >= 11 is 8.84. The van der Waals surface area contributed by atoms with Crippen LogP contribution in [0.5, 0.6) is 5.88 Å². The molecule has 2 heterocycles. The van der Waals surface area contributed by atoms with Gasteiger partial charge in [-0.1, -0.05) is 17.7 Å². The summed E-state index contributed by atoms with van der Waals surface area (Å²) in [7, 11) is 1.53. The number of ether oxygens (including phenoxy) is 1. The van der Waals surface area contributed by atoms with E-state index in [9.17, 15) is 4.79 Å². The molecule has 0 saturated heterocycles. The molecule has 0 aromatic carbocycles. The van der Waals surface area contributed by atoms with Crippen LogP contribution in [0.15, 0.2) is 33.9 Å². The van der Waals surface area contributed by atoms with Gasteiger partial charge in [-0.25, -0.2) is 9.97 Å². The largest absolute Gasteiger partial charge is 0.481 e. The van der Waals surface area contributed by atoms with Crippen LogP contribution in [0.1, 0.15) is 5.56 Å². The van der Waals surface area contributed by atoms with Gasteiger partial charge in [0.2, 0.25) is 5.88 Å². The number of rotatable bonds is 3. The van der Waals surface area contributed by atoms with Gasteiger partial charge in [0.1, 0.15) is 4.47 Å². The third kappa shape index (κ3) is 2.54. The minimum atomic E-state index is -0.249. The molecule has 0 saturated carbocycles. The fraction of sp³-hybridized carbons (Fsp3) is 0.182. The van der Waals surface area contributed by atoms with Gasteiger partial charge >= 0.3 is 0 Å². The molecule has 2 aromatic rings. The van der Waals surface area contributed by atoms with Crippen LogP contribution in [0, 0.1) is 0 Å². The summed E-state index contributed by atoms with van der Waals surface area (Å²) in [6.07, 6.45) is 3.02. The summed E-state index contributed by atoms with van der Waals surface area (Å²) in [6.45, 7) is 0.318. The van der Waals surface area contributed by atoms with Crippen LogP contribution in [0.3, 0.4) is 0 Å². The first-order valence-electron chi connectivity index (χ1n) is 5.02. The molecule has 0 aliphatic carbocycles. The Kier molecular flexibility index (Phi) is 3.98. The van der Waals surface area contributed by atoms with E-state index < -0.39 is 0 Å². The average Bonchev–Trinajstić information content (AvgIpc) is 2.40. The van der Waals surface area contributed by atoms with Crippen LogP contribution >= 0.6 is 27.5 Å². The van der Waals surface area contributed by atoms with E-state index in [-0.39, 0.29) is 15.2 Å². The molecule has 0 atom stereocenters. The van der Waals surface area contributed by atoms with E-state index in [2.05, 4.69) is 25.9 Å². The molecule has 0 unspecified atom stereocenters. The van der Waals surface area contributed by atoms with Crippen molar-refractivity contribution in [2.75, 3.05) is 7.11 Å². The molecular weight excluding hydrogens is 321 g/mol. The van der Waals surface area contributed by atoms with Crippen molar-refractivity contribution in [2.24, 2.45) is 0 Å². The first-order chi connectivity index (χ1) is 8.63. The maximum Gasteiger partial charge on any atom is 0.269 e. The molecule has 94 valence electrons. The second-order valence-corrected chi connectivity index (χ2v) is 4.61. The van der Waals surface area contributed by atoms with Gasteiger partial charge in [0.15, 0.2) is 5.15 Å². The van der Waals surface area contributed by atoms with Crippen molar-refractivity contribution >= 4 is 27.5 Å². The summed E-state index contributed by atoms with van der Waals surface area (Å²) in [5, 5.41) is 0.148. The third-order valence-corrected chi connectivity index (χ3v) is 3.55. The molecule has 2 rings (SSSR count). The lowest BCUT2D eigenvalue weighted by atomic mass is 10.2. The summed E-state index contributed by atoms with van der Waals surface area (Å²) in [4.78, 5) is 19.9. The Morgan fingerprint density at radius 1 is 1.50 bits per heavy atom. The first-order valence-corrected chi connectivity index (χ1v) is 6.19. The second kappa shape index (κ2) is 5.49. The average molecular weight is 331 g/mol. The Labute approximate surface area is 117 Å². The zero-order valence-electron chi connectivity index (χ0n) is 9.43. The molecule has 0 radical (unpaired) electrons. The van der Waals surface area contributed by atoms with Crippen molar-refractivity contribution in [2.45, 2.75) is 6.54 Å². The summed E-state index contributed by atoms with van der Waals surface area (Å²) < 4.78 is 6.80. The minimum Gasteiger partial charge on any atom is -0.481 e. The lowest BCUT2D eigenvalue weighted by Crippen LogP contribution is -2.22. The Bertz CT molecular complexity index is 630. The van der Waals surface area contributed by atoms with Gasteiger partial charge in [-0.2, -0.15) is 0 Å². The maximum atomic E-state index is 11.9. The highest BCUT2D eigenvalue weighted by molar-refractivity contribution is 9.10. The summed E-state index contributed by atoms with van der Waals surface area (Å²) in [5.74, 6) is 0.482. The first kappa shape index (κ1) is 13.0. The SMILES string of the molecule is COc1ncccc1Cn1cnc(Cl)c(Br)c1=O. The van der Waals surface area contributed by atoms with Crippen LogP contribution in [0.25, 0.3) is 0 Å². The van der Waals surface area contributed by atoms with E-state index in [1.165, 1.54) is 18.0 Å². The lowest BCUT2D eigenvalue weighted by molar-refractivity contribution is 0.391. The molecule has 0 aliphatic heterocycles. The normalized spacial score (nSPS) is 10.4. The van der Waals surface area contributed by atoms with E-state index in [0.29, 0.717) is 12.4 Å². The number of aromatic nitrogens is 3. The van der Waals surface area contributed by atoms with Gasteiger partial charge in [-0.05, 0) is 22.0 Å². The molecule has 5 nitrogen and oxygen atoms in total. The van der Waals surface area contributed by atoms with Crippen LogP contribution in [-0.2, 0) is 6.54 Å². The van der Waals surface area contributed by atoms with Crippen molar-refractivity contribution < 1.29 is 4.74 Å². The predicted molar refractivity (Wildman–Crippen MR) is 71.1 cm³/mol. The van der Waals surface area contributed by atoms with Crippen molar-refractivity contribution in [3.63, 3.8) is 0 Å². The lowest BCUT2D eigenvalue weighted by Gasteiger charge is -2.09. The fourth-order valence-electron chi connectivity index (χ4n) is 1.47. The van der Waals surface area contributed by atoms with Crippen molar-refractivity contribution in [1.29, 1.82) is 0 Å². The van der Waals surface area contributed by atoms with E-state index >= 15 is 0 Å². The molecule has 0 spiro atoms. The van der Waals surface area contributed by atoms with Crippen LogP contribution < -0.4 is 10.3 Å². The Morgan fingerprint density at radius 3 is 3.00 bits per heavy atom. The molecule has 0 amide bonds. The molecule has 7 heteroatoms. The molecular formula is C11H9BrClN3O2. The number of hydrogen-bond donors (Lipinski definition) is 0. The Morgan fingerprint density at radius 2 is 2.28 bits per heavy atom. The maximum absolute atomic E-state index is 11.9. The fourth-order valence-corrected chi connectivity index (χ4v) is 1.92. The second-order valence-electron chi connectivity index (χ2n) is 3.45. The highest BCUT2D eigenvalue weighted by Gasteiger charge is 2.09. The number of pyridine rings is 1. The van der Waals surface area contributed by atoms with E-state index in [1.54, 1.807) is 12.3 Å². The third-order valence-electron chi connectivity index (χ3n) is 2.32. The molecule has 18 heavy (non-hydrogen) atoms. The number of methoxy groups -OCH3 is 1. The molecule has 0 bridgehead atoms. The number of halogens is 2. The topological polar surface area (TPSA) is 57.0 Å². The number of nitrogens with zero attached hydrogens (tertiary/aromatic N) is 3. The number of hydrogen-bond acceptors (Lipinski definition) is 4. The smallest absolute Gasteiger partial charge is 0.269 e. The van der Waals surface area contributed by atoms with Crippen LogP contribution in [0.4, 0.5) is 0 Å². The van der Waals surface area contributed by atoms with Crippen molar-refractivity contribution in [3.8, 4) is 5.88 Å². The minimum absolute atomic E-state index is 0.148. The van der Waals surface area contributed by atoms with Gasteiger partial charge in [0.05, 0.1) is 20.0 Å².